The van der Waals surface area contributed by atoms with Crippen LogP contribution < -0.4 is 5.32 Å². The third-order valence-electron chi connectivity index (χ3n) is 2.82. The third kappa shape index (κ3) is 2.33. The first kappa shape index (κ1) is 11.5. The molecule has 96 valence electrons. The Balaban J connectivity index is 1.70. The van der Waals surface area contributed by atoms with Gasteiger partial charge in [-0.25, -0.2) is 4.98 Å². The highest BCUT2D eigenvalue weighted by Gasteiger charge is 2.08. The van der Waals surface area contributed by atoms with Crippen molar-refractivity contribution in [3.63, 3.8) is 0 Å². The number of carbonyl (C=O) groups excluding carboxylic acids is 1. The van der Waals surface area contributed by atoms with E-state index in [2.05, 4.69) is 20.4 Å². The lowest BCUT2D eigenvalue weighted by Crippen LogP contribution is -2.22. The third-order valence-corrected chi connectivity index (χ3v) is 2.82. The van der Waals surface area contributed by atoms with Crippen molar-refractivity contribution in [2.24, 2.45) is 7.05 Å². The minimum atomic E-state index is -0.159. The number of carbonyl (C=O) groups is 1. The van der Waals surface area contributed by atoms with Gasteiger partial charge < -0.3 is 10.3 Å². The molecule has 3 aromatic rings. The topological polar surface area (TPSA) is 75.6 Å². The molecule has 0 radical (unpaired) electrons. The lowest BCUT2D eigenvalue weighted by atomic mass is 10.3. The minimum Gasteiger partial charge on any atom is -0.345 e. The SMILES string of the molecule is Cn1cc(C(=O)NCc2nc3ccccc3[nH]2)cn1. The zero-order valence-corrected chi connectivity index (χ0v) is 10.4. The maximum absolute atomic E-state index is 11.8. The van der Waals surface area contributed by atoms with E-state index in [0.29, 0.717) is 12.1 Å². The van der Waals surface area contributed by atoms with Gasteiger partial charge in [0, 0.05) is 13.2 Å². The molecular weight excluding hydrogens is 242 g/mol. The quantitative estimate of drug-likeness (QED) is 0.739. The van der Waals surface area contributed by atoms with Gasteiger partial charge in [-0.15, -0.1) is 0 Å². The molecule has 0 spiro atoms. The van der Waals surface area contributed by atoms with E-state index in [0.717, 1.165) is 16.9 Å². The van der Waals surface area contributed by atoms with Crippen LogP contribution in [0.2, 0.25) is 0 Å². The summed E-state index contributed by atoms with van der Waals surface area (Å²) in [7, 11) is 1.77. The summed E-state index contributed by atoms with van der Waals surface area (Å²) in [6, 6.07) is 7.76. The lowest BCUT2D eigenvalue weighted by molar-refractivity contribution is 0.0950. The highest BCUT2D eigenvalue weighted by atomic mass is 16.1. The van der Waals surface area contributed by atoms with Crippen molar-refractivity contribution in [1.29, 1.82) is 0 Å². The van der Waals surface area contributed by atoms with E-state index >= 15 is 0 Å². The van der Waals surface area contributed by atoms with Crippen molar-refractivity contribution >= 4 is 16.9 Å². The Hall–Kier alpha value is -2.63. The number of nitrogens with one attached hydrogen (secondary N) is 2. The fourth-order valence-corrected chi connectivity index (χ4v) is 1.89. The lowest BCUT2D eigenvalue weighted by Gasteiger charge is -1.99. The Bertz CT molecular complexity index is 694. The van der Waals surface area contributed by atoms with E-state index in [4.69, 9.17) is 0 Å². The number of H-pyrrole nitrogens is 1. The first-order chi connectivity index (χ1) is 9.22. The standard InChI is InChI=1S/C13H13N5O/c1-18-8-9(6-15-18)13(19)14-7-12-16-10-4-2-3-5-11(10)17-12/h2-6,8H,7H2,1H3,(H,14,19)(H,16,17). The Labute approximate surface area is 109 Å². The fourth-order valence-electron chi connectivity index (χ4n) is 1.89. The van der Waals surface area contributed by atoms with E-state index in [1.54, 1.807) is 17.9 Å². The number of amides is 1. The molecule has 3 rings (SSSR count). The minimum absolute atomic E-state index is 0.159. The number of aromatic nitrogens is 4. The van der Waals surface area contributed by atoms with Crippen LogP contribution in [-0.2, 0) is 13.6 Å². The van der Waals surface area contributed by atoms with Gasteiger partial charge in [0.05, 0.1) is 29.3 Å². The molecule has 1 amide bonds. The van der Waals surface area contributed by atoms with E-state index in [-0.39, 0.29) is 5.91 Å². The first-order valence-corrected chi connectivity index (χ1v) is 5.93. The molecular formula is C13H13N5O. The number of fused-ring (bicyclic) bond motifs is 1. The van der Waals surface area contributed by atoms with Crippen LogP contribution in [-0.4, -0.2) is 25.7 Å². The fraction of sp³-hybridized carbons (Fsp3) is 0.154. The molecule has 0 atom stereocenters. The molecule has 19 heavy (non-hydrogen) atoms. The number of aromatic amines is 1. The predicted octanol–water partition coefficient (Wildman–Crippen LogP) is 1.23. The van der Waals surface area contributed by atoms with Gasteiger partial charge in [-0.3, -0.25) is 9.48 Å². The van der Waals surface area contributed by atoms with Crippen LogP contribution in [0.4, 0.5) is 0 Å². The van der Waals surface area contributed by atoms with Crippen LogP contribution in [0.15, 0.2) is 36.7 Å². The molecule has 1 aromatic carbocycles. The zero-order valence-electron chi connectivity index (χ0n) is 10.4. The molecule has 0 aliphatic carbocycles. The molecule has 0 unspecified atom stereocenters. The number of imidazole rings is 1. The predicted molar refractivity (Wildman–Crippen MR) is 70.5 cm³/mol. The van der Waals surface area contributed by atoms with Crippen LogP contribution in [0.1, 0.15) is 16.2 Å². The average molecular weight is 255 g/mol. The molecule has 0 saturated heterocycles. The highest BCUT2D eigenvalue weighted by Crippen LogP contribution is 2.10. The summed E-state index contributed by atoms with van der Waals surface area (Å²) in [6.45, 7) is 0.363. The first-order valence-electron chi connectivity index (χ1n) is 5.93. The van der Waals surface area contributed by atoms with Gasteiger partial charge in [0.2, 0.25) is 0 Å². The van der Waals surface area contributed by atoms with E-state index in [1.807, 2.05) is 24.3 Å². The number of hydrogen-bond acceptors (Lipinski definition) is 3. The number of benzene rings is 1. The van der Waals surface area contributed by atoms with Gasteiger partial charge in [0.1, 0.15) is 5.82 Å². The molecule has 0 saturated carbocycles. The number of rotatable bonds is 3. The van der Waals surface area contributed by atoms with Crippen LogP contribution in [0.3, 0.4) is 0 Å². The maximum Gasteiger partial charge on any atom is 0.254 e. The van der Waals surface area contributed by atoms with Crippen molar-refractivity contribution in [3.05, 3.63) is 48.0 Å². The van der Waals surface area contributed by atoms with Crippen LogP contribution in [0.5, 0.6) is 0 Å². The Morgan fingerprint density at radius 1 is 1.42 bits per heavy atom. The summed E-state index contributed by atoms with van der Waals surface area (Å²) >= 11 is 0. The molecule has 0 aliphatic rings. The molecule has 6 heteroatoms. The van der Waals surface area contributed by atoms with Gasteiger partial charge in [0.25, 0.3) is 5.91 Å². The number of nitrogens with zero attached hydrogens (tertiary/aromatic N) is 3. The second-order valence-electron chi connectivity index (χ2n) is 4.29. The van der Waals surface area contributed by atoms with Gasteiger partial charge in [-0.05, 0) is 12.1 Å². The van der Waals surface area contributed by atoms with Crippen molar-refractivity contribution < 1.29 is 4.79 Å². The van der Waals surface area contributed by atoms with Gasteiger partial charge >= 0.3 is 0 Å². The largest absolute Gasteiger partial charge is 0.345 e. The second-order valence-corrected chi connectivity index (χ2v) is 4.29. The molecule has 2 N–H and O–H groups in total. The van der Waals surface area contributed by atoms with Crippen molar-refractivity contribution in [3.8, 4) is 0 Å². The van der Waals surface area contributed by atoms with Crippen molar-refractivity contribution in [2.45, 2.75) is 6.54 Å². The van der Waals surface area contributed by atoms with Crippen molar-refractivity contribution in [1.82, 2.24) is 25.1 Å². The summed E-state index contributed by atoms with van der Waals surface area (Å²) in [6.07, 6.45) is 3.21. The maximum atomic E-state index is 11.8. The molecule has 0 fully saturated rings. The summed E-state index contributed by atoms with van der Waals surface area (Å²) in [5.41, 5.74) is 2.40. The summed E-state index contributed by atoms with van der Waals surface area (Å²) in [5, 5.41) is 6.76. The Kier molecular flexibility index (Phi) is 2.75. The Morgan fingerprint density at radius 2 is 2.26 bits per heavy atom. The van der Waals surface area contributed by atoms with E-state index in [1.165, 1.54) is 6.20 Å². The van der Waals surface area contributed by atoms with Crippen LogP contribution >= 0.6 is 0 Å². The molecule has 0 aliphatic heterocycles. The summed E-state index contributed by atoms with van der Waals surface area (Å²) < 4.78 is 1.59. The van der Waals surface area contributed by atoms with E-state index < -0.39 is 0 Å². The second kappa shape index (κ2) is 4.56. The molecule has 2 heterocycles. The molecule has 6 nitrogen and oxygen atoms in total. The Morgan fingerprint density at radius 3 is 3.00 bits per heavy atom. The average Bonchev–Trinajstić information content (AvgIpc) is 3.01. The summed E-state index contributed by atoms with van der Waals surface area (Å²) in [5.74, 6) is 0.576. The van der Waals surface area contributed by atoms with Gasteiger partial charge in [0.15, 0.2) is 0 Å². The molecule has 2 aromatic heterocycles. The number of hydrogen-bond donors (Lipinski definition) is 2. The van der Waals surface area contributed by atoms with Crippen molar-refractivity contribution in [2.75, 3.05) is 0 Å². The van der Waals surface area contributed by atoms with Gasteiger partial charge in [-0.2, -0.15) is 5.10 Å². The van der Waals surface area contributed by atoms with E-state index in [9.17, 15) is 4.79 Å². The smallest absolute Gasteiger partial charge is 0.254 e. The number of para-hydroxylation sites is 2. The molecule has 0 bridgehead atoms. The highest BCUT2D eigenvalue weighted by molar-refractivity contribution is 5.93. The van der Waals surface area contributed by atoms with Crippen LogP contribution in [0.25, 0.3) is 11.0 Å². The number of aryl methyl sites for hydroxylation is 1. The van der Waals surface area contributed by atoms with Gasteiger partial charge in [-0.1, -0.05) is 12.1 Å². The normalized spacial score (nSPS) is 10.8. The monoisotopic (exact) mass is 255 g/mol. The van der Waals surface area contributed by atoms with Crippen LogP contribution in [0, 0.1) is 0 Å². The summed E-state index contributed by atoms with van der Waals surface area (Å²) in [4.78, 5) is 19.4. The zero-order chi connectivity index (χ0) is 13.2.